The van der Waals surface area contributed by atoms with Crippen LogP contribution in [0.5, 0.6) is 5.75 Å². The van der Waals surface area contributed by atoms with Gasteiger partial charge in [0, 0.05) is 6.07 Å². The first-order valence-electron chi connectivity index (χ1n) is 9.64. The molecule has 1 aromatic carbocycles. The van der Waals surface area contributed by atoms with Crippen molar-refractivity contribution in [2.24, 2.45) is 0 Å². The largest absolute Gasteiger partial charge is 0.481 e. The minimum absolute atomic E-state index is 0.306. The third-order valence-electron chi connectivity index (χ3n) is 4.97. The first-order valence-corrected chi connectivity index (χ1v) is 10.0. The van der Waals surface area contributed by atoms with Gasteiger partial charge in [0.25, 0.3) is 16.5 Å². The molecule has 1 fully saturated rings. The average molecular weight is 418 g/mol. The van der Waals surface area contributed by atoms with Crippen LogP contribution in [0, 0.1) is 10.7 Å². The molecule has 1 aliphatic heterocycles. The number of H-pyrrole nitrogens is 1. The smallest absolute Gasteiger partial charge is 0.292 e. The lowest BCUT2D eigenvalue weighted by molar-refractivity contribution is -0.924. The molecule has 1 aliphatic rings. The number of quaternary nitrogens is 1. The highest BCUT2D eigenvalue weighted by Crippen LogP contribution is 2.21. The van der Waals surface area contributed by atoms with Gasteiger partial charge in [0.15, 0.2) is 12.8 Å². The van der Waals surface area contributed by atoms with E-state index in [0.29, 0.717) is 23.1 Å². The van der Waals surface area contributed by atoms with E-state index in [-0.39, 0.29) is 5.82 Å². The zero-order chi connectivity index (χ0) is 20.2. The normalized spacial score (nSPS) is 16.0. The van der Waals surface area contributed by atoms with Crippen LogP contribution in [0.2, 0.25) is 0 Å². The maximum Gasteiger partial charge on any atom is 0.292 e. The number of pyridine rings is 1. The number of ether oxygens (including phenoxy) is 1. The Hall–Kier alpha value is -2.78. The number of hydrogen-bond donors (Lipinski definition) is 1. The minimum Gasteiger partial charge on any atom is -0.481 e. The van der Waals surface area contributed by atoms with E-state index >= 15 is 0 Å². The number of aromatic nitrogens is 3. The van der Waals surface area contributed by atoms with Crippen LogP contribution in [0.15, 0.2) is 53.1 Å². The number of benzene rings is 1. The first-order chi connectivity index (χ1) is 14.1. The molecule has 152 valence electrons. The number of nitrogens with zero attached hydrogens (tertiary/aromatic N) is 3. The number of aromatic amines is 1. The number of anilines is 1. The summed E-state index contributed by atoms with van der Waals surface area (Å²) < 4.78 is 26.2. The van der Waals surface area contributed by atoms with Gasteiger partial charge in [-0.3, -0.25) is 4.90 Å². The summed E-state index contributed by atoms with van der Waals surface area (Å²) in [5, 5.41) is 4.50. The molecule has 0 bridgehead atoms. The van der Waals surface area contributed by atoms with Crippen molar-refractivity contribution < 1.29 is 23.4 Å². The van der Waals surface area contributed by atoms with Crippen LogP contribution in [-0.2, 0) is 6.67 Å². The molecule has 7 nitrogen and oxygen atoms in total. The highest BCUT2D eigenvalue weighted by Gasteiger charge is 2.27. The fourth-order valence-corrected chi connectivity index (χ4v) is 3.56. The summed E-state index contributed by atoms with van der Waals surface area (Å²) in [7, 11) is 0. The molecule has 4 rings (SSSR count). The summed E-state index contributed by atoms with van der Waals surface area (Å²) in [6.45, 7) is 6.35. The van der Waals surface area contributed by atoms with Crippen molar-refractivity contribution in [1.29, 1.82) is 0 Å². The van der Waals surface area contributed by atoms with Crippen LogP contribution in [0.4, 0.5) is 10.2 Å². The van der Waals surface area contributed by atoms with Crippen LogP contribution >= 0.6 is 12.2 Å². The van der Waals surface area contributed by atoms with Crippen molar-refractivity contribution in [2.45, 2.75) is 19.7 Å². The van der Waals surface area contributed by atoms with Crippen molar-refractivity contribution in [2.75, 3.05) is 31.1 Å². The molecule has 0 aliphatic carbocycles. The standard InChI is InChI=1S/C20H22FN5O2S/c1-15(27-17-7-5-16(21)6-8-17)19-23-26(20(29)28-19)14-24-10-12-25(13-11-24)18-4-2-3-9-22-18/h2-9,15H,10-14H2,1H3/p+2/t15-/m1/s1. The zero-order valence-corrected chi connectivity index (χ0v) is 17.0. The van der Waals surface area contributed by atoms with Gasteiger partial charge in [-0.15, -0.1) is 5.10 Å². The summed E-state index contributed by atoms with van der Waals surface area (Å²) in [4.78, 5) is 7.35. The number of rotatable bonds is 6. The Labute approximate surface area is 173 Å². The molecule has 3 aromatic rings. The molecule has 3 heterocycles. The number of hydrogen-bond acceptors (Lipinski definition) is 5. The Kier molecular flexibility index (Phi) is 5.86. The van der Waals surface area contributed by atoms with E-state index in [9.17, 15) is 4.39 Å². The fourth-order valence-electron chi connectivity index (χ4n) is 3.37. The van der Waals surface area contributed by atoms with Crippen LogP contribution in [0.3, 0.4) is 0 Å². The lowest BCUT2D eigenvalue weighted by Gasteiger charge is -2.27. The summed E-state index contributed by atoms with van der Waals surface area (Å²) in [5.74, 6) is 1.80. The van der Waals surface area contributed by atoms with Crippen molar-refractivity contribution in [3.63, 3.8) is 0 Å². The summed E-state index contributed by atoms with van der Waals surface area (Å²) >= 11 is 5.34. The Bertz CT molecular complexity index is 984. The highest BCUT2D eigenvalue weighted by atomic mass is 32.1. The molecule has 2 aromatic heterocycles. The van der Waals surface area contributed by atoms with Crippen LogP contribution < -0.4 is 19.5 Å². The number of nitrogens with one attached hydrogen (secondary N) is 2. The third-order valence-corrected chi connectivity index (χ3v) is 5.27. The lowest BCUT2D eigenvalue weighted by atomic mass is 10.3. The van der Waals surface area contributed by atoms with E-state index in [2.05, 4.69) is 21.0 Å². The van der Waals surface area contributed by atoms with Crippen molar-refractivity contribution in [3.8, 4) is 5.75 Å². The SMILES string of the molecule is C[C@@H](Oc1ccc(F)cc1)c1nn(C[NH+]2CCN(c3cccc[nH+]3)CC2)c(=S)o1. The summed E-state index contributed by atoms with van der Waals surface area (Å²) in [5.41, 5.74) is 0. The quantitative estimate of drug-likeness (QED) is 0.618. The van der Waals surface area contributed by atoms with Gasteiger partial charge in [-0.2, -0.15) is 4.68 Å². The summed E-state index contributed by atoms with van der Waals surface area (Å²) in [6.07, 6.45) is 1.52. The van der Waals surface area contributed by atoms with Crippen LogP contribution in [-0.4, -0.2) is 36.0 Å². The molecule has 29 heavy (non-hydrogen) atoms. The molecule has 1 saturated heterocycles. The predicted molar refractivity (Wildman–Crippen MR) is 107 cm³/mol. The zero-order valence-electron chi connectivity index (χ0n) is 16.2. The molecular formula is C20H24FN5O2S+2. The Morgan fingerprint density at radius 1 is 1.24 bits per heavy atom. The van der Waals surface area contributed by atoms with E-state index in [0.717, 1.165) is 32.0 Å². The molecule has 1 atom stereocenters. The minimum atomic E-state index is -0.427. The molecular weight excluding hydrogens is 393 g/mol. The van der Waals surface area contributed by atoms with Gasteiger partial charge in [-0.05, 0) is 49.5 Å². The van der Waals surface area contributed by atoms with E-state index in [1.807, 2.05) is 25.3 Å². The van der Waals surface area contributed by atoms with Gasteiger partial charge in [-0.25, -0.2) is 9.37 Å². The van der Waals surface area contributed by atoms with Crippen LogP contribution in [0.25, 0.3) is 0 Å². The van der Waals surface area contributed by atoms with Crippen molar-refractivity contribution in [1.82, 2.24) is 9.78 Å². The molecule has 0 radical (unpaired) electrons. The third kappa shape index (κ3) is 4.80. The molecule has 0 saturated carbocycles. The lowest BCUT2D eigenvalue weighted by Crippen LogP contribution is -3.14. The second-order valence-corrected chi connectivity index (χ2v) is 7.41. The first kappa shape index (κ1) is 19.5. The average Bonchev–Trinajstić information content (AvgIpc) is 3.11. The Morgan fingerprint density at radius 2 is 2.00 bits per heavy atom. The molecule has 0 spiro atoms. The van der Waals surface area contributed by atoms with E-state index in [1.165, 1.54) is 17.0 Å². The van der Waals surface area contributed by atoms with Gasteiger partial charge >= 0.3 is 0 Å². The number of halogens is 1. The Balaban J connectivity index is 1.35. The second-order valence-electron chi connectivity index (χ2n) is 7.06. The molecule has 0 unspecified atom stereocenters. The van der Waals surface area contributed by atoms with Crippen molar-refractivity contribution >= 4 is 18.0 Å². The van der Waals surface area contributed by atoms with Crippen molar-refractivity contribution in [3.05, 3.63) is 65.2 Å². The van der Waals surface area contributed by atoms with Crippen LogP contribution in [0.1, 0.15) is 18.9 Å². The molecule has 9 heteroatoms. The summed E-state index contributed by atoms with van der Waals surface area (Å²) in [6, 6.07) is 12.0. The Morgan fingerprint density at radius 3 is 2.69 bits per heavy atom. The molecule has 0 amide bonds. The maximum atomic E-state index is 13.0. The topological polar surface area (TPSA) is 62.0 Å². The van der Waals surface area contributed by atoms with E-state index in [4.69, 9.17) is 21.4 Å². The predicted octanol–water partition coefficient (Wildman–Crippen LogP) is 1.66. The van der Waals surface area contributed by atoms with Gasteiger partial charge in [0.05, 0.1) is 6.20 Å². The maximum absolute atomic E-state index is 13.0. The highest BCUT2D eigenvalue weighted by molar-refractivity contribution is 7.71. The van der Waals surface area contributed by atoms with Gasteiger partial charge in [-0.1, -0.05) is 6.07 Å². The van der Waals surface area contributed by atoms with Gasteiger partial charge in [0.1, 0.15) is 37.7 Å². The van der Waals surface area contributed by atoms with E-state index in [1.54, 1.807) is 16.8 Å². The number of piperazine rings is 1. The molecule has 2 N–H and O–H groups in total. The van der Waals surface area contributed by atoms with Gasteiger partial charge < -0.3 is 14.1 Å². The van der Waals surface area contributed by atoms with E-state index < -0.39 is 6.10 Å². The second kappa shape index (κ2) is 8.71. The monoisotopic (exact) mass is 417 g/mol. The van der Waals surface area contributed by atoms with Gasteiger partial charge in [0.2, 0.25) is 0 Å². The fraction of sp³-hybridized carbons (Fsp3) is 0.350.